The summed E-state index contributed by atoms with van der Waals surface area (Å²) in [6.45, 7) is 0.0476. The number of benzene rings is 1. The quantitative estimate of drug-likeness (QED) is 0.563. The average molecular weight is 235 g/mol. The Kier molecular flexibility index (Phi) is 3.63. The molecule has 0 bridgehead atoms. The SMILES string of the molecule is OCC(O)CNc1ccc(-c2nn[nH]n2)cc1. The second-order valence-electron chi connectivity index (χ2n) is 3.53. The Morgan fingerprint density at radius 1 is 1.29 bits per heavy atom. The highest BCUT2D eigenvalue weighted by atomic mass is 16.3. The number of hydrogen-bond acceptors (Lipinski definition) is 6. The van der Waals surface area contributed by atoms with E-state index in [-0.39, 0.29) is 6.61 Å². The first-order chi connectivity index (χ1) is 8.29. The fraction of sp³-hybridized carbons (Fsp3) is 0.300. The molecule has 0 radical (unpaired) electrons. The van der Waals surface area contributed by atoms with Gasteiger partial charge >= 0.3 is 0 Å². The van der Waals surface area contributed by atoms with E-state index in [0.717, 1.165) is 11.3 Å². The number of aliphatic hydroxyl groups is 2. The van der Waals surface area contributed by atoms with E-state index in [1.54, 1.807) is 0 Å². The lowest BCUT2D eigenvalue weighted by Gasteiger charge is -2.10. The van der Waals surface area contributed by atoms with E-state index in [0.29, 0.717) is 12.4 Å². The van der Waals surface area contributed by atoms with Crippen molar-refractivity contribution in [2.24, 2.45) is 0 Å². The molecule has 1 aromatic carbocycles. The van der Waals surface area contributed by atoms with Crippen molar-refractivity contribution in [1.29, 1.82) is 0 Å². The van der Waals surface area contributed by atoms with Crippen molar-refractivity contribution in [3.05, 3.63) is 24.3 Å². The van der Waals surface area contributed by atoms with Gasteiger partial charge in [-0.1, -0.05) is 0 Å². The van der Waals surface area contributed by atoms with Crippen molar-refractivity contribution in [3.63, 3.8) is 0 Å². The van der Waals surface area contributed by atoms with Gasteiger partial charge in [0.25, 0.3) is 0 Å². The third-order valence-corrected chi connectivity index (χ3v) is 2.24. The highest BCUT2D eigenvalue weighted by Gasteiger charge is 2.03. The number of tetrazole rings is 1. The van der Waals surface area contributed by atoms with E-state index in [1.165, 1.54) is 0 Å². The van der Waals surface area contributed by atoms with Crippen LogP contribution in [-0.4, -0.2) is 50.1 Å². The molecule has 1 aromatic heterocycles. The van der Waals surface area contributed by atoms with Crippen LogP contribution in [0.5, 0.6) is 0 Å². The first-order valence-corrected chi connectivity index (χ1v) is 5.16. The van der Waals surface area contributed by atoms with Crippen LogP contribution in [0.4, 0.5) is 5.69 Å². The summed E-state index contributed by atoms with van der Waals surface area (Å²) in [6.07, 6.45) is -0.758. The maximum atomic E-state index is 9.18. The summed E-state index contributed by atoms with van der Waals surface area (Å²) < 4.78 is 0. The van der Waals surface area contributed by atoms with Crippen LogP contribution in [0.25, 0.3) is 11.4 Å². The Balaban J connectivity index is 1.99. The second kappa shape index (κ2) is 5.37. The topological polar surface area (TPSA) is 107 Å². The highest BCUT2D eigenvalue weighted by Crippen LogP contribution is 2.16. The summed E-state index contributed by atoms with van der Waals surface area (Å²) in [4.78, 5) is 0. The summed E-state index contributed by atoms with van der Waals surface area (Å²) in [5.41, 5.74) is 1.71. The third kappa shape index (κ3) is 2.99. The van der Waals surface area contributed by atoms with E-state index >= 15 is 0 Å². The molecule has 7 nitrogen and oxygen atoms in total. The molecule has 0 spiro atoms. The van der Waals surface area contributed by atoms with E-state index in [9.17, 15) is 5.11 Å². The molecular formula is C10H13N5O2. The summed E-state index contributed by atoms with van der Waals surface area (Å²) in [5.74, 6) is 0.534. The van der Waals surface area contributed by atoms with Crippen LogP contribution in [0.3, 0.4) is 0 Å². The van der Waals surface area contributed by atoms with Gasteiger partial charge in [-0.05, 0) is 29.5 Å². The van der Waals surface area contributed by atoms with Crippen molar-refractivity contribution < 1.29 is 10.2 Å². The minimum atomic E-state index is -0.758. The van der Waals surface area contributed by atoms with Gasteiger partial charge < -0.3 is 15.5 Å². The monoisotopic (exact) mass is 235 g/mol. The highest BCUT2D eigenvalue weighted by molar-refractivity contribution is 5.58. The van der Waals surface area contributed by atoms with E-state index in [2.05, 4.69) is 25.9 Å². The number of rotatable bonds is 5. The number of nitrogens with zero attached hydrogens (tertiary/aromatic N) is 3. The lowest BCUT2D eigenvalue weighted by Crippen LogP contribution is -2.22. The molecule has 17 heavy (non-hydrogen) atoms. The predicted molar refractivity (Wildman–Crippen MR) is 61.2 cm³/mol. The van der Waals surface area contributed by atoms with Crippen LogP contribution in [-0.2, 0) is 0 Å². The average Bonchev–Trinajstić information content (AvgIpc) is 2.90. The maximum Gasteiger partial charge on any atom is 0.204 e. The normalized spacial score (nSPS) is 12.4. The molecule has 1 atom stereocenters. The standard InChI is InChI=1S/C10H13N5O2/c16-6-9(17)5-11-8-3-1-7(2-4-8)10-12-14-15-13-10/h1-4,9,11,16-17H,5-6H2,(H,12,13,14,15). The van der Waals surface area contributed by atoms with Crippen LogP contribution in [0.1, 0.15) is 0 Å². The Labute approximate surface area is 97.5 Å². The van der Waals surface area contributed by atoms with Gasteiger partial charge in [-0.2, -0.15) is 5.21 Å². The molecule has 4 N–H and O–H groups in total. The van der Waals surface area contributed by atoms with Gasteiger partial charge in [0.1, 0.15) is 0 Å². The van der Waals surface area contributed by atoms with Crippen LogP contribution < -0.4 is 5.32 Å². The number of H-pyrrole nitrogens is 1. The van der Waals surface area contributed by atoms with Crippen molar-refractivity contribution in [2.75, 3.05) is 18.5 Å². The van der Waals surface area contributed by atoms with Gasteiger partial charge in [-0.15, -0.1) is 10.2 Å². The molecule has 2 aromatic rings. The predicted octanol–water partition coefficient (Wildman–Crippen LogP) is -0.368. The van der Waals surface area contributed by atoms with Crippen molar-refractivity contribution >= 4 is 5.69 Å². The summed E-state index contributed by atoms with van der Waals surface area (Å²) in [6, 6.07) is 7.38. The van der Waals surface area contributed by atoms with Crippen LogP contribution >= 0.6 is 0 Å². The second-order valence-corrected chi connectivity index (χ2v) is 3.53. The maximum absolute atomic E-state index is 9.18. The molecular weight excluding hydrogens is 222 g/mol. The lowest BCUT2D eigenvalue weighted by atomic mass is 10.2. The fourth-order valence-electron chi connectivity index (χ4n) is 1.32. The van der Waals surface area contributed by atoms with Crippen LogP contribution in [0, 0.1) is 0 Å². The molecule has 0 saturated heterocycles. The number of aliphatic hydroxyl groups excluding tert-OH is 2. The van der Waals surface area contributed by atoms with Gasteiger partial charge in [0.05, 0.1) is 12.7 Å². The van der Waals surface area contributed by atoms with Crippen LogP contribution in [0.2, 0.25) is 0 Å². The number of hydrogen-bond donors (Lipinski definition) is 4. The van der Waals surface area contributed by atoms with Gasteiger partial charge in [-0.3, -0.25) is 0 Å². The Hall–Kier alpha value is -1.99. The largest absolute Gasteiger partial charge is 0.394 e. The molecule has 2 rings (SSSR count). The molecule has 0 aliphatic carbocycles. The molecule has 0 fully saturated rings. The van der Waals surface area contributed by atoms with Gasteiger partial charge in [0, 0.05) is 17.8 Å². The van der Waals surface area contributed by atoms with Crippen molar-refractivity contribution in [2.45, 2.75) is 6.10 Å². The first kappa shape index (κ1) is 11.5. The minimum absolute atomic E-state index is 0.256. The Morgan fingerprint density at radius 3 is 2.65 bits per heavy atom. The molecule has 90 valence electrons. The summed E-state index contributed by atoms with van der Waals surface area (Å²) in [5, 5.41) is 34.4. The van der Waals surface area contributed by atoms with Gasteiger partial charge in [0.2, 0.25) is 5.82 Å². The Morgan fingerprint density at radius 2 is 2.06 bits per heavy atom. The Bertz CT molecular complexity index is 442. The molecule has 0 saturated carbocycles. The molecule has 1 unspecified atom stereocenters. The third-order valence-electron chi connectivity index (χ3n) is 2.24. The molecule has 1 heterocycles. The molecule has 0 amide bonds. The number of aromatic nitrogens is 4. The van der Waals surface area contributed by atoms with Crippen LogP contribution in [0.15, 0.2) is 24.3 Å². The number of aromatic amines is 1. The fourth-order valence-corrected chi connectivity index (χ4v) is 1.32. The van der Waals surface area contributed by atoms with E-state index in [1.807, 2.05) is 24.3 Å². The van der Waals surface area contributed by atoms with Gasteiger partial charge in [0.15, 0.2) is 0 Å². The smallest absolute Gasteiger partial charge is 0.204 e. The molecule has 0 aliphatic rings. The summed E-state index contributed by atoms with van der Waals surface area (Å²) >= 11 is 0. The zero-order chi connectivity index (χ0) is 12.1. The van der Waals surface area contributed by atoms with Gasteiger partial charge in [-0.25, -0.2) is 0 Å². The number of anilines is 1. The molecule has 0 aliphatic heterocycles. The lowest BCUT2D eigenvalue weighted by molar-refractivity contribution is 0.105. The summed E-state index contributed by atoms with van der Waals surface area (Å²) in [7, 11) is 0. The first-order valence-electron chi connectivity index (χ1n) is 5.16. The van der Waals surface area contributed by atoms with E-state index in [4.69, 9.17) is 5.11 Å². The minimum Gasteiger partial charge on any atom is -0.394 e. The zero-order valence-corrected chi connectivity index (χ0v) is 9.04. The van der Waals surface area contributed by atoms with E-state index < -0.39 is 6.10 Å². The number of nitrogens with one attached hydrogen (secondary N) is 2. The van der Waals surface area contributed by atoms with Crippen molar-refractivity contribution in [1.82, 2.24) is 20.6 Å². The van der Waals surface area contributed by atoms with Crippen molar-refractivity contribution in [3.8, 4) is 11.4 Å². The zero-order valence-electron chi connectivity index (χ0n) is 9.04. The molecule has 7 heteroatoms.